The number of anilines is 1. The SMILES string of the molecule is O=CC1Nc2ccc(C(=O)CCN3CCC(Cc4ccc(F)cc4)CC3)cc2O1. The number of likely N-dealkylation sites (tertiary alicyclic amines) is 1. The number of nitrogens with one attached hydrogen (secondary N) is 1. The van der Waals surface area contributed by atoms with E-state index in [-0.39, 0.29) is 11.6 Å². The summed E-state index contributed by atoms with van der Waals surface area (Å²) in [5, 5.41) is 2.93. The molecule has 1 unspecified atom stereocenters. The maximum atomic E-state index is 13.0. The molecule has 0 aliphatic carbocycles. The first kappa shape index (κ1) is 19.6. The van der Waals surface area contributed by atoms with Crippen LogP contribution in [0.1, 0.15) is 35.2 Å². The summed E-state index contributed by atoms with van der Waals surface area (Å²) in [5.74, 6) is 1.05. The highest BCUT2D eigenvalue weighted by atomic mass is 19.1. The van der Waals surface area contributed by atoms with Gasteiger partial charge in [-0.25, -0.2) is 4.39 Å². The number of halogens is 1. The van der Waals surface area contributed by atoms with Gasteiger partial charge in [-0.05, 0) is 74.2 Å². The van der Waals surface area contributed by atoms with Crippen molar-refractivity contribution in [1.29, 1.82) is 0 Å². The predicted octanol–water partition coefficient (Wildman–Crippen LogP) is 3.68. The Hall–Kier alpha value is -2.73. The molecule has 2 aliphatic heterocycles. The zero-order chi connectivity index (χ0) is 20.2. The van der Waals surface area contributed by atoms with Crippen LogP contribution in [0.2, 0.25) is 0 Å². The lowest BCUT2D eigenvalue weighted by molar-refractivity contribution is -0.112. The number of piperidine rings is 1. The third-order valence-electron chi connectivity index (χ3n) is 5.78. The molecule has 5 nitrogen and oxygen atoms in total. The molecule has 0 spiro atoms. The largest absolute Gasteiger partial charge is 0.461 e. The monoisotopic (exact) mass is 396 g/mol. The van der Waals surface area contributed by atoms with Crippen molar-refractivity contribution in [2.45, 2.75) is 31.9 Å². The van der Waals surface area contributed by atoms with E-state index in [0.717, 1.165) is 44.6 Å². The molecule has 1 N–H and O–H groups in total. The molecule has 1 saturated heterocycles. The van der Waals surface area contributed by atoms with Gasteiger partial charge in [-0.2, -0.15) is 0 Å². The van der Waals surface area contributed by atoms with E-state index in [1.165, 1.54) is 17.7 Å². The second kappa shape index (κ2) is 8.74. The van der Waals surface area contributed by atoms with Gasteiger partial charge in [0.05, 0.1) is 5.69 Å². The van der Waals surface area contributed by atoms with E-state index in [4.69, 9.17) is 4.74 Å². The third kappa shape index (κ3) is 4.82. The fraction of sp³-hybridized carbons (Fsp3) is 0.391. The van der Waals surface area contributed by atoms with Crippen molar-refractivity contribution in [3.63, 3.8) is 0 Å². The van der Waals surface area contributed by atoms with Gasteiger partial charge in [0.1, 0.15) is 11.6 Å². The standard InChI is InChI=1S/C23H25FN2O3/c24-19-4-1-16(2-5-19)13-17-7-10-26(11-8-17)12-9-21(28)18-3-6-20-22(14-18)29-23(15-27)25-20/h1-6,14-15,17,23,25H,7-13H2. The van der Waals surface area contributed by atoms with Gasteiger partial charge in [-0.3, -0.25) is 9.59 Å². The van der Waals surface area contributed by atoms with Crippen LogP contribution in [-0.2, 0) is 11.2 Å². The highest BCUT2D eigenvalue weighted by Crippen LogP contribution is 2.32. The molecule has 2 aromatic carbocycles. The van der Waals surface area contributed by atoms with E-state index in [0.29, 0.717) is 29.9 Å². The molecule has 4 rings (SSSR count). The Morgan fingerprint density at radius 3 is 2.66 bits per heavy atom. The van der Waals surface area contributed by atoms with E-state index >= 15 is 0 Å². The van der Waals surface area contributed by atoms with Gasteiger partial charge in [0.15, 0.2) is 12.1 Å². The summed E-state index contributed by atoms with van der Waals surface area (Å²) in [5.41, 5.74) is 2.54. The Balaban J connectivity index is 1.23. The highest BCUT2D eigenvalue weighted by Gasteiger charge is 2.23. The molecule has 2 aromatic rings. The maximum Gasteiger partial charge on any atom is 0.226 e. The fourth-order valence-corrected chi connectivity index (χ4v) is 4.07. The summed E-state index contributed by atoms with van der Waals surface area (Å²) in [6, 6.07) is 12.1. The quantitative estimate of drug-likeness (QED) is 0.572. The lowest BCUT2D eigenvalue weighted by atomic mass is 9.90. The number of fused-ring (bicyclic) bond motifs is 1. The van der Waals surface area contributed by atoms with Gasteiger partial charge < -0.3 is 15.0 Å². The molecule has 2 heterocycles. The number of carbonyl (C=O) groups excluding carboxylic acids is 2. The van der Waals surface area contributed by atoms with Crippen LogP contribution >= 0.6 is 0 Å². The lowest BCUT2D eigenvalue weighted by Crippen LogP contribution is -2.35. The van der Waals surface area contributed by atoms with Crippen LogP contribution in [0.25, 0.3) is 0 Å². The minimum absolute atomic E-state index is 0.0828. The molecule has 0 bridgehead atoms. The minimum atomic E-state index is -0.674. The van der Waals surface area contributed by atoms with Crippen molar-refractivity contribution in [2.75, 3.05) is 25.0 Å². The molecular weight excluding hydrogens is 371 g/mol. The van der Waals surface area contributed by atoms with E-state index in [2.05, 4.69) is 10.2 Å². The Bertz CT molecular complexity index is 876. The Labute approximate surface area is 169 Å². The number of Topliss-reactive ketones (excluding diaryl/α,β-unsaturated/α-hetero) is 1. The second-order valence-electron chi connectivity index (χ2n) is 7.82. The maximum absolute atomic E-state index is 13.0. The van der Waals surface area contributed by atoms with Gasteiger partial charge in [-0.1, -0.05) is 12.1 Å². The lowest BCUT2D eigenvalue weighted by Gasteiger charge is -2.31. The van der Waals surface area contributed by atoms with Gasteiger partial charge in [0.2, 0.25) is 6.23 Å². The molecular formula is C23H25FN2O3. The molecule has 6 heteroatoms. The van der Waals surface area contributed by atoms with Crippen molar-refractivity contribution in [1.82, 2.24) is 4.90 Å². The number of hydrogen-bond donors (Lipinski definition) is 1. The molecule has 2 aliphatic rings. The van der Waals surface area contributed by atoms with Gasteiger partial charge in [-0.15, -0.1) is 0 Å². The first-order chi connectivity index (χ1) is 14.1. The molecule has 29 heavy (non-hydrogen) atoms. The molecule has 0 saturated carbocycles. The molecule has 1 atom stereocenters. The number of rotatable bonds is 7. The number of ketones is 1. The third-order valence-corrected chi connectivity index (χ3v) is 5.78. The highest BCUT2D eigenvalue weighted by molar-refractivity contribution is 5.97. The van der Waals surface area contributed by atoms with Crippen LogP contribution in [0.4, 0.5) is 10.1 Å². The second-order valence-corrected chi connectivity index (χ2v) is 7.82. The molecule has 0 aromatic heterocycles. The van der Waals surface area contributed by atoms with Gasteiger partial charge >= 0.3 is 0 Å². The summed E-state index contributed by atoms with van der Waals surface area (Å²) in [6.07, 6.45) is 3.66. The van der Waals surface area contributed by atoms with Crippen LogP contribution < -0.4 is 10.1 Å². The van der Waals surface area contributed by atoms with Crippen molar-refractivity contribution < 1.29 is 18.7 Å². The summed E-state index contributed by atoms with van der Waals surface area (Å²) in [6.45, 7) is 2.71. The molecule has 152 valence electrons. The van der Waals surface area contributed by atoms with Crippen LogP contribution in [0.15, 0.2) is 42.5 Å². The Kier molecular flexibility index (Phi) is 5.90. The topological polar surface area (TPSA) is 58.6 Å². The number of ether oxygens (including phenoxy) is 1. The Morgan fingerprint density at radius 1 is 1.17 bits per heavy atom. The molecule has 0 amide bonds. The van der Waals surface area contributed by atoms with Crippen molar-refractivity contribution >= 4 is 17.8 Å². The Morgan fingerprint density at radius 2 is 1.93 bits per heavy atom. The molecule has 1 fully saturated rings. The van der Waals surface area contributed by atoms with E-state index in [1.54, 1.807) is 18.2 Å². The first-order valence-electron chi connectivity index (χ1n) is 10.1. The number of benzene rings is 2. The minimum Gasteiger partial charge on any atom is -0.461 e. The van der Waals surface area contributed by atoms with Gasteiger partial charge in [0.25, 0.3) is 0 Å². The summed E-state index contributed by atoms with van der Waals surface area (Å²) < 4.78 is 18.5. The van der Waals surface area contributed by atoms with Crippen molar-refractivity contribution in [2.24, 2.45) is 5.92 Å². The van der Waals surface area contributed by atoms with E-state index in [9.17, 15) is 14.0 Å². The fourth-order valence-electron chi connectivity index (χ4n) is 4.07. The average Bonchev–Trinajstić information content (AvgIpc) is 3.17. The van der Waals surface area contributed by atoms with E-state index < -0.39 is 6.23 Å². The van der Waals surface area contributed by atoms with Gasteiger partial charge in [0, 0.05) is 18.5 Å². The average molecular weight is 396 g/mol. The van der Waals surface area contributed by atoms with Crippen LogP contribution in [0, 0.1) is 11.7 Å². The van der Waals surface area contributed by atoms with Crippen LogP contribution in [0.5, 0.6) is 5.75 Å². The predicted molar refractivity (Wildman–Crippen MR) is 109 cm³/mol. The number of nitrogens with zero attached hydrogens (tertiary/aromatic N) is 1. The zero-order valence-electron chi connectivity index (χ0n) is 16.3. The van der Waals surface area contributed by atoms with E-state index in [1.807, 2.05) is 12.1 Å². The van der Waals surface area contributed by atoms with Crippen LogP contribution in [-0.4, -0.2) is 42.8 Å². The summed E-state index contributed by atoms with van der Waals surface area (Å²) in [7, 11) is 0. The van der Waals surface area contributed by atoms with Crippen LogP contribution in [0.3, 0.4) is 0 Å². The number of aldehydes is 1. The smallest absolute Gasteiger partial charge is 0.226 e. The summed E-state index contributed by atoms with van der Waals surface area (Å²) >= 11 is 0. The molecule has 0 radical (unpaired) electrons. The zero-order valence-corrected chi connectivity index (χ0v) is 16.3. The van der Waals surface area contributed by atoms with Crippen molar-refractivity contribution in [3.8, 4) is 5.75 Å². The number of carbonyl (C=O) groups is 2. The summed E-state index contributed by atoms with van der Waals surface area (Å²) in [4.78, 5) is 25.7. The normalized spacial score (nSPS) is 19.3. The first-order valence-corrected chi connectivity index (χ1v) is 10.1. The van der Waals surface area contributed by atoms with Crippen molar-refractivity contribution in [3.05, 3.63) is 59.4 Å². The number of hydrogen-bond acceptors (Lipinski definition) is 5.